The molecule has 45 heavy (non-hydrogen) atoms. The van der Waals surface area contributed by atoms with Gasteiger partial charge in [0.2, 0.25) is 11.8 Å². The lowest BCUT2D eigenvalue weighted by molar-refractivity contribution is -0.142. The maximum Gasteiger partial charge on any atom is 0.267 e. The van der Waals surface area contributed by atoms with Crippen molar-refractivity contribution in [3.63, 3.8) is 0 Å². The summed E-state index contributed by atoms with van der Waals surface area (Å²) in [7, 11) is -4.43. The number of hydrogen-bond donors (Lipinski definition) is 3. The van der Waals surface area contributed by atoms with Gasteiger partial charge < -0.3 is 16.0 Å². The molecule has 3 atom stereocenters. The highest BCUT2D eigenvalue weighted by molar-refractivity contribution is 7.90. The lowest BCUT2D eigenvalue weighted by Gasteiger charge is -2.36. The first-order valence-corrected chi connectivity index (χ1v) is 17.4. The van der Waals surface area contributed by atoms with Crippen LogP contribution in [0.15, 0.2) is 53.4 Å². The van der Waals surface area contributed by atoms with Gasteiger partial charge in [-0.3, -0.25) is 14.4 Å². The van der Waals surface area contributed by atoms with Crippen LogP contribution in [0.4, 0.5) is 14.5 Å². The van der Waals surface area contributed by atoms with Crippen LogP contribution in [0.3, 0.4) is 0 Å². The molecule has 3 aliphatic rings. The van der Waals surface area contributed by atoms with Crippen LogP contribution in [0.2, 0.25) is 0 Å². The van der Waals surface area contributed by atoms with Gasteiger partial charge >= 0.3 is 0 Å². The topological polar surface area (TPSA) is 139 Å². The van der Waals surface area contributed by atoms with Crippen molar-refractivity contribution in [1.82, 2.24) is 9.62 Å². The van der Waals surface area contributed by atoms with Crippen LogP contribution < -0.4 is 15.8 Å². The zero-order valence-electron chi connectivity index (χ0n) is 25.3. The zero-order valence-corrected chi connectivity index (χ0v) is 26.1. The van der Waals surface area contributed by atoms with Gasteiger partial charge in [-0.15, -0.1) is 0 Å². The molecule has 0 aromatic heterocycles. The predicted octanol–water partition coefficient (Wildman–Crippen LogP) is 4.78. The largest absolute Gasteiger partial charge is 0.330 e. The molecule has 3 amide bonds. The van der Waals surface area contributed by atoms with Gasteiger partial charge in [0.05, 0.1) is 0 Å². The van der Waals surface area contributed by atoms with Crippen molar-refractivity contribution in [2.24, 2.45) is 29.4 Å². The number of hydrogen-bond acceptors (Lipinski definition) is 6. The van der Waals surface area contributed by atoms with E-state index >= 15 is 0 Å². The van der Waals surface area contributed by atoms with E-state index < -0.39 is 45.4 Å². The average molecular weight is 645 g/mol. The van der Waals surface area contributed by atoms with Crippen LogP contribution in [0, 0.1) is 29.5 Å². The second-order valence-electron chi connectivity index (χ2n) is 12.7. The quantitative estimate of drug-likeness (QED) is 0.359. The van der Waals surface area contributed by atoms with Crippen molar-refractivity contribution in [3.05, 3.63) is 59.9 Å². The number of likely N-dealkylation sites (tertiary alicyclic amines) is 1. The van der Waals surface area contributed by atoms with Gasteiger partial charge in [-0.05, 0) is 86.3 Å². The molecule has 2 aromatic rings. The number of carbonyl (C=O) groups excluding carboxylic acids is 3. The van der Waals surface area contributed by atoms with Crippen molar-refractivity contribution < 1.29 is 31.6 Å². The number of carbonyl (C=O) groups is 3. The van der Waals surface area contributed by atoms with E-state index in [2.05, 4.69) is 5.32 Å². The van der Waals surface area contributed by atoms with E-state index in [-0.39, 0.29) is 35.1 Å². The summed E-state index contributed by atoms with van der Waals surface area (Å²) < 4.78 is 54.1. The molecule has 0 bridgehead atoms. The van der Waals surface area contributed by atoms with Gasteiger partial charge in [0, 0.05) is 29.8 Å². The normalized spacial score (nSPS) is 25.0. The molecule has 2 aromatic carbocycles. The predicted molar refractivity (Wildman–Crippen MR) is 166 cm³/mol. The number of amides is 3. The minimum atomic E-state index is -4.43. The number of halogens is 2. The highest BCUT2D eigenvalue weighted by atomic mass is 32.2. The molecule has 3 fully saturated rings. The summed E-state index contributed by atoms with van der Waals surface area (Å²) in [5.41, 5.74) is 6.33. The smallest absolute Gasteiger partial charge is 0.267 e. The molecule has 5 rings (SSSR count). The Bertz CT molecular complexity index is 1470. The summed E-state index contributed by atoms with van der Waals surface area (Å²) in [6.45, 7) is -0.0588. The second kappa shape index (κ2) is 14.4. The lowest BCUT2D eigenvalue weighted by Crippen LogP contribution is -2.50. The van der Waals surface area contributed by atoms with Gasteiger partial charge in [0.25, 0.3) is 15.9 Å². The molecule has 0 spiro atoms. The Balaban J connectivity index is 1.27. The number of anilines is 1. The van der Waals surface area contributed by atoms with Crippen molar-refractivity contribution in [2.75, 3.05) is 18.5 Å². The lowest BCUT2D eigenvalue weighted by atomic mass is 9.76. The number of rotatable bonds is 9. The van der Waals surface area contributed by atoms with E-state index in [1.54, 1.807) is 4.90 Å². The molecule has 9 nitrogen and oxygen atoms in total. The summed E-state index contributed by atoms with van der Waals surface area (Å²) in [4.78, 5) is 41.5. The van der Waals surface area contributed by atoms with Gasteiger partial charge in [-0.25, -0.2) is 21.9 Å². The molecular formula is C33H42F2N4O5S. The fourth-order valence-electron chi connectivity index (χ4n) is 7.43. The fourth-order valence-corrected chi connectivity index (χ4v) is 8.48. The summed E-state index contributed by atoms with van der Waals surface area (Å²) in [6, 6.07) is 9.36. The van der Waals surface area contributed by atoms with Gasteiger partial charge in [-0.2, -0.15) is 0 Å². The number of alkyl halides is 1. The second-order valence-corrected chi connectivity index (χ2v) is 14.3. The Morgan fingerprint density at radius 1 is 0.911 bits per heavy atom. The molecule has 12 heteroatoms. The third-order valence-electron chi connectivity index (χ3n) is 9.92. The minimum Gasteiger partial charge on any atom is -0.330 e. The zero-order chi connectivity index (χ0) is 32.1. The molecule has 4 N–H and O–H groups in total. The molecular weight excluding hydrogens is 602 g/mol. The van der Waals surface area contributed by atoms with Gasteiger partial charge in [-0.1, -0.05) is 44.2 Å². The third-order valence-corrected chi connectivity index (χ3v) is 11.3. The van der Waals surface area contributed by atoms with Crippen LogP contribution in [-0.2, 0) is 19.6 Å². The minimum absolute atomic E-state index is 0.00810. The molecule has 0 unspecified atom stereocenters. The van der Waals surface area contributed by atoms with Crippen LogP contribution in [0.1, 0.15) is 74.6 Å². The molecule has 2 aliphatic carbocycles. The average Bonchev–Trinajstić information content (AvgIpc) is 3.50. The summed E-state index contributed by atoms with van der Waals surface area (Å²) in [5.74, 6) is -1.98. The van der Waals surface area contributed by atoms with Gasteiger partial charge in [0.1, 0.15) is 23.4 Å². The Kier molecular flexibility index (Phi) is 10.5. The SMILES string of the molecule is N[C@H](CF)[C@H]1CC[C@H](C(=O)N2CC[C@@H](C3CCCCC3)[C@H]2C(=O)Nc2ccc(C(=O)NS(=O)(=O)c3ccccc3F)cc2)CC1. The van der Waals surface area contributed by atoms with Crippen molar-refractivity contribution in [1.29, 1.82) is 0 Å². The first kappa shape index (κ1) is 33.0. The Hall–Kier alpha value is -3.38. The maximum absolute atomic E-state index is 14.0. The molecule has 0 radical (unpaired) electrons. The maximum atomic E-state index is 14.0. The van der Waals surface area contributed by atoms with Crippen LogP contribution in [0.5, 0.6) is 0 Å². The fraction of sp³-hybridized carbons (Fsp3) is 0.545. The van der Waals surface area contributed by atoms with Gasteiger partial charge in [0.15, 0.2) is 0 Å². The molecule has 244 valence electrons. The molecule has 2 saturated carbocycles. The number of nitrogens with zero attached hydrogens (tertiary/aromatic N) is 1. The third kappa shape index (κ3) is 7.54. The van der Waals surface area contributed by atoms with E-state index in [0.717, 1.165) is 44.2 Å². The standard InChI is InChI=1S/C33H42F2N4O5S/c34-20-28(36)22-10-12-24(13-11-22)33(42)39-19-18-26(21-6-2-1-3-7-21)30(39)32(41)37-25-16-14-23(15-17-25)31(40)38-45(43,44)29-9-5-4-8-27(29)35/h4-5,8-9,14-17,21-22,24,26,28,30H,1-3,6-7,10-13,18-20,36H2,(H,37,41)(H,38,40)/t22-,24-,26-,28+,30-/m0/s1. The Morgan fingerprint density at radius 2 is 1.58 bits per heavy atom. The number of nitrogens with one attached hydrogen (secondary N) is 2. The van der Waals surface area contributed by atoms with Crippen LogP contribution in [-0.4, -0.2) is 56.3 Å². The molecule has 1 aliphatic heterocycles. The van der Waals surface area contributed by atoms with Crippen LogP contribution >= 0.6 is 0 Å². The van der Waals surface area contributed by atoms with Crippen LogP contribution in [0.25, 0.3) is 0 Å². The Morgan fingerprint density at radius 3 is 2.22 bits per heavy atom. The summed E-state index contributed by atoms with van der Waals surface area (Å²) in [5, 5.41) is 2.93. The van der Waals surface area contributed by atoms with Crippen molar-refractivity contribution >= 4 is 33.4 Å². The van der Waals surface area contributed by atoms with E-state index in [9.17, 15) is 31.6 Å². The number of benzene rings is 2. The first-order chi connectivity index (χ1) is 21.6. The van der Waals surface area contributed by atoms with Crippen molar-refractivity contribution in [3.8, 4) is 0 Å². The molecule has 1 saturated heterocycles. The van der Waals surface area contributed by atoms with E-state index in [4.69, 9.17) is 5.73 Å². The van der Waals surface area contributed by atoms with Crippen molar-refractivity contribution in [2.45, 2.75) is 81.2 Å². The Labute approximate surface area is 263 Å². The first-order valence-electron chi connectivity index (χ1n) is 15.9. The van der Waals surface area contributed by atoms with E-state index in [1.165, 1.54) is 42.8 Å². The number of nitrogens with two attached hydrogens (primary N) is 1. The van der Waals surface area contributed by atoms with E-state index in [1.807, 2.05) is 4.72 Å². The van der Waals surface area contributed by atoms with E-state index in [0.29, 0.717) is 43.8 Å². The molecule has 1 heterocycles. The number of sulfonamides is 1. The highest BCUT2D eigenvalue weighted by Gasteiger charge is 2.47. The highest BCUT2D eigenvalue weighted by Crippen LogP contribution is 2.41. The monoisotopic (exact) mass is 644 g/mol. The summed E-state index contributed by atoms with van der Waals surface area (Å²) in [6.07, 6.45) is 8.86. The summed E-state index contributed by atoms with van der Waals surface area (Å²) >= 11 is 0.